The summed E-state index contributed by atoms with van der Waals surface area (Å²) in [6.07, 6.45) is 5.54. The van der Waals surface area contributed by atoms with Gasteiger partial charge in [-0.25, -0.2) is 5.43 Å². The molecule has 7 heteroatoms. The summed E-state index contributed by atoms with van der Waals surface area (Å²) in [4.78, 5) is 15.8. The predicted octanol–water partition coefficient (Wildman–Crippen LogP) is 3.41. The summed E-state index contributed by atoms with van der Waals surface area (Å²) in [5.41, 5.74) is 3.72. The number of methoxy groups -OCH3 is 1. The van der Waals surface area contributed by atoms with Gasteiger partial charge < -0.3 is 9.47 Å². The van der Waals surface area contributed by atoms with Gasteiger partial charge in [-0.15, -0.1) is 0 Å². The molecule has 2 aromatic rings. The minimum atomic E-state index is -0.303. The standard InChI is InChI=1S/C17H18BrN3O3/c1-3-8-24-16-14(18)9-12(10-15(16)23-2)11-20-21-17(22)13-4-6-19-7-5-13/h4-7,9-11H,3,8H2,1-2H3,(H,21,22). The van der Waals surface area contributed by atoms with E-state index in [1.165, 1.54) is 6.21 Å². The van der Waals surface area contributed by atoms with Crippen molar-refractivity contribution in [2.24, 2.45) is 5.10 Å². The van der Waals surface area contributed by atoms with Crippen molar-refractivity contribution in [3.63, 3.8) is 0 Å². The first-order valence-electron chi connectivity index (χ1n) is 7.39. The van der Waals surface area contributed by atoms with Gasteiger partial charge in [0.15, 0.2) is 11.5 Å². The number of pyridine rings is 1. The molecule has 0 radical (unpaired) electrons. The summed E-state index contributed by atoms with van der Waals surface area (Å²) in [5, 5.41) is 3.96. The van der Waals surface area contributed by atoms with E-state index in [-0.39, 0.29) is 5.91 Å². The molecule has 1 amide bonds. The Labute approximate surface area is 149 Å². The van der Waals surface area contributed by atoms with E-state index in [0.717, 1.165) is 16.5 Å². The lowest BCUT2D eigenvalue weighted by atomic mass is 10.2. The Morgan fingerprint density at radius 1 is 1.38 bits per heavy atom. The minimum Gasteiger partial charge on any atom is -0.493 e. The van der Waals surface area contributed by atoms with E-state index < -0.39 is 0 Å². The van der Waals surface area contributed by atoms with E-state index >= 15 is 0 Å². The predicted molar refractivity (Wildman–Crippen MR) is 95.8 cm³/mol. The zero-order valence-electron chi connectivity index (χ0n) is 13.5. The van der Waals surface area contributed by atoms with Crippen LogP contribution in [0.5, 0.6) is 11.5 Å². The second-order valence-corrected chi connectivity index (χ2v) is 5.67. The molecule has 6 nitrogen and oxygen atoms in total. The molecular weight excluding hydrogens is 374 g/mol. The van der Waals surface area contributed by atoms with Crippen molar-refractivity contribution in [1.82, 2.24) is 10.4 Å². The van der Waals surface area contributed by atoms with E-state index in [4.69, 9.17) is 9.47 Å². The van der Waals surface area contributed by atoms with Gasteiger partial charge in [0.1, 0.15) is 0 Å². The van der Waals surface area contributed by atoms with Crippen LogP contribution in [-0.2, 0) is 0 Å². The molecule has 1 aromatic heterocycles. The minimum absolute atomic E-state index is 0.303. The highest BCUT2D eigenvalue weighted by Crippen LogP contribution is 2.36. The summed E-state index contributed by atoms with van der Waals surface area (Å²) in [7, 11) is 1.58. The Morgan fingerprint density at radius 3 is 2.79 bits per heavy atom. The van der Waals surface area contributed by atoms with Crippen molar-refractivity contribution >= 4 is 28.1 Å². The fraction of sp³-hybridized carbons (Fsp3) is 0.235. The molecular formula is C17H18BrN3O3. The van der Waals surface area contributed by atoms with Crippen LogP contribution in [0.4, 0.5) is 0 Å². The molecule has 24 heavy (non-hydrogen) atoms. The topological polar surface area (TPSA) is 72.8 Å². The van der Waals surface area contributed by atoms with Crippen LogP contribution in [0.1, 0.15) is 29.3 Å². The summed E-state index contributed by atoms with van der Waals surface area (Å²) in [6.45, 7) is 2.64. The second-order valence-electron chi connectivity index (χ2n) is 4.82. The number of rotatable bonds is 7. The van der Waals surface area contributed by atoms with Crippen LogP contribution in [0.25, 0.3) is 0 Å². The van der Waals surface area contributed by atoms with E-state index in [9.17, 15) is 4.79 Å². The van der Waals surface area contributed by atoms with Crippen LogP contribution < -0.4 is 14.9 Å². The zero-order chi connectivity index (χ0) is 17.4. The Hall–Kier alpha value is -2.41. The number of hydrazone groups is 1. The number of amides is 1. The number of ether oxygens (including phenoxy) is 2. The largest absolute Gasteiger partial charge is 0.493 e. The third kappa shape index (κ3) is 4.79. The summed E-state index contributed by atoms with van der Waals surface area (Å²) in [5.74, 6) is 0.944. The van der Waals surface area contributed by atoms with Crippen LogP contribution in [-0.4, -0.2) is 30.8 Å². The Morgan fingerprint density at radius 2 is 2.12 bits per heavy atom. The molecule has 0 atom stereocenters. The third-order valence-electron chi connectivity index (χ3n) is 3.02. The Balaban J connectivity index is 2.09. The van der Waals surface area contributed by atoms with Gasteiger partial charge in [0.25, 0.3) is 5.91 Å². The molecule has 2 rings (SSSR count). The number of nitrogens with one attached hydrogen (secondary N) is 1. The van der Waals surface area contributed by atoms with Crippen molar-refractivity contribution in [3.05, 3.63) is 52.3 Å². The van der Waals surface area contributed by atoms with Crippen LogP contribution in [0, 0.1) is 0 Å². The number of carbonyl (C=O) groups excluding carboxylic acids is 1. The Bertz CT molecular complexity index is 721. The fourth-order valence-corrected chi connectivity index (χ4v) is 2.47. The van der Waals surface area contributed by atoms with Crippen molar-refractivity contribution in [1.29, 1.82) is 0 Å². The number of aromatic nitrogens is 1. The van der Waals surface area contributed by atoms with Crippen molar-refractivity contribution in [2.75, 3.05) is 13.7 Å². The molecule has 126 valence electrons. The zero-order valence-corrected chi connectivity index (χ0v) is 15.0. The SMILES string of the molecule is CCCOc1c(Br)cc(C=NNC(=O)c2ccncc2)cc1OC. The van der Waals surface area contributed by atoms with Crippen molar-refractivity contribution in [2.45, 2.75) is 13.3 Å². The average molecular weight is 392 g/mol. The highest BCUT2D eigenvalue weighted by molar-refractivity contribution is 9.10. The Kier molecular flexibility index (Phi) is 6.74. The number of hydrogen-bond donors (Lipinski definition) is 1. The molecule has 0 aliphatic carbocycles. The summed E-state index contributed by atoms with van der Waals surface area (Å²) < 4.78 is 11.8. The van der Waals surface area contributed by atoms with E-state index in [1.54, 1.807) is 37.7 Å². The molecule has 0 saturated carbocycles. The molecule has 1 heterocycles. The van der Waals surface area contributed by atoms with Gasteiger partial charge >= 0.3 is 0 Å². The number of halogens is 1. The van der Waals surface area contributed by atoms with Gasteiger partial charge in [-0.3, -0.25) is 9.78 Å². The van der Waals surface area contributed by atoms with Crippen molar-refractivity contribution in [3.8, 4) is 11.5 Å². The van der Waals surface area contributed by atoms with E-state index in [1.807, 2.05) is 13.0 Å². The van der Waals surface area contributed by atoms with Gasteiger partial charge in [-0.1, -0.05) is 6.92 Å². The maximum atomic E-state index is 11.9. The summed E-state index contributed by atoms with van der Waals surface area (Å²) >= 11 is 3.47. The second kappa shape index (κ2) is 9.02. The van der Waals surface area contributed by atoms with Gasteiger partial charge in [0, 0.05) is 18.0 Å². The highest BCUT2D eigenvalue weighted by Gasteiger charge is 2.11. The van der Waals surface area contributed by atoms with Crippen LogP contribution in [0.2, 0.25) is 0 Å². The molecule has 0 unspecified atom stereocenters. The van der Waals surface area contributed by atoms with Gasteiger partial charge in [-0.05, 0) is 52.2 Å². The number of hydrogen-bond acceptors (Lipinski definition) is 5. The van der Waals surface area contributed by atoms with Crippen LogP contribution in [0.15, 0.2) is 46.2 Å². The molecule has 0 aliphatic rings. The van der Waals surface area contributed by atoms with Crippen LogP contribution in [0.3, 0.4) is 0 Å². The maximum absolute atomic E-state index is 11.9. The normalized spacial score (nSPS) is 10.6. The first kappa shape index (κ1) is 17.9. The van der Waals surface area contributed by atoms with Gasteiger partial charge in [-0.2, -0.15) is 5.10 Å². The molecule has 0 aliphatic heterocycles. The lowest BCUT2D eigenvalue weighted by Crippen LogP contribution is -2.17. The smallest absolute Gasteiger partial charge is 0.271 e. The monoisotopic (exact) mass is 391 g/mol. The first-order valence-corrected chi connectivity index (χ1v) is 8.18. The lowest BCUT2D eigenvalue weighted by molar-refractivity contribution is 0.0955. The van der Waals surface area contributed by atoms with Gasteiger partial charge in [0.2, 0.25) is 0 Å². The average Bonchev–Trinajstić information content (AvgIpc) is 2.61. The number of nitrogens with zero attached hydrogens (tertiary/aromatic N) is 2. The molecule has 1 N–H and O–H groups in total. The van der Waals surface area contributed by atoms with E-state index in [0.29, 0.717) is 23.7 Å². The molecule has 0 spiro atoms. The maximum Gasteiger partial charge on any atom is 0.271 e. The molecule has 0 bridgehead atoms. The highest BCUT2D eigenvalue weighted by atomic mass is 79.9. The quantitative estimate of drug-likeness (QED) is 0.579. The number of benzene rings is 1. The number of carbonyl (C=O) groups is 1. The summed E-state index contributed by atoms with van der Waals surface area (Å²) in [6, 6.07) is 6.86. The van der Waals surface area contributed by atoms with Gasteiger partial charge in [0.05, 0.1) is 24.4 Å². The molecule has 0 saturated heterocycles. The van der Waals surface area contributed by atoms with Crippen molar-refractivity contribution < 1.29 is 14.3 Å². The molecule has 1 aromatic carbocycles. The third-order valence-corrected chi connectivity index (χ3v) is 3.61. The molecule has 0 fully saturated rings. The van der Waals surface area contributed by atoms with E-state index in [2.05, 4.69) is 31.4 Å². The first-order chi connectivity index (χ1) is 11.7. The van der Waals surface area contributed by atoms with Crippen LogP contribution >= 0.6 is 15.9 Å². The lowest BCUT2D eigenvalue weighted by Gasteiger charge is -2.12. The fourth-order valence-electron chi connectivity index (χ4n) is 1.89.